The zero-order valence-electron chi connectivity index (χ0n) is 13.6. The Labute approximate surface area is 154 Å². The third kappa shape index (κ3) is 3.52. The van der Waals surface area contributed by atoms with E-state index in [0.29, 0.717) is 0 Å². The van der Waals surface area contributed by atoms with Crippen LogP contribution in [0.1, 0.15) is 11.1 Å². The Balaban J connectivity index is 1.61. The predicted molar refractivity (Wildman–Crippen MR) is 102 cm³/mol. The van der Waals surface area contributed by atoms with Crippen LogP contribution in [0, 0.1) is 6.92 Å². The molecule has 0 saturated carbocycles. The van der Waals surface area contributed by atoms with Crippen LogP contribution in [0.5, 0.6) is 0 Å². The fraction of sp³-hybridized carbons (Fsp3) is 0.105. The Morgan fingerprint density at radius 3 is 2.44 bits per heavy atom. The van der Waals surface area contributed by atoms with Crippen LogP contribution >= 0.6 is 23.4 Å². The van der Waals surface area contributed by atoms with Crippen LogP contribution in [-0.2, 0) is 5.75 Å². The lowest BCUT2D eigenvalue weighted by Gasteiger charge is -2.04. The van der Waals surface area contributed by atoms with Crippen molar-refractivity contribution in [2.45, 2.75) is 17.7 Å². The minimum Gasteiger partial charge on any atom is -0.192 e. The van der Waals surface area contributed by atoms with E-state index in [4.69, 9.17) is 16.7 Å². The number of halogens is 1. The van der Waals surface area contributed by atoms with Gasteiger partial charge in [0, 0.05) is 16.3 Å². The van der Waals surface area contributed by atoms with E-state index in [9.17, 15) is 0 Å². The average Bonchev–Trinajstić information content (AvgIpc) is 3.05. The molecule has 4 nitrogen and oxygen atoms in total. The van der Waals surface area contributed by atoms with Gasteiger partial charge < -0.3 is 0 Å². The van der Waals surface area contributed by atoms with Crippen LogP contribution in [0.2, 0.25) is 5.02 Å². The fourth-order valence-electron chi connectivity index (χ4n) is 2.47. The monoisotopic (exact) mass is 366 g/mol. The summed E-state index contributed by atoms with van der Waals surface area (Å²) < 4.78 is 1.80. The van der Waals surface area contributed by atoms with E-state index in [0.717, 1.165) is 32.8 Å². The van der Waals surface area contributed by atoms with Crippen molar-refractivity contribution in [1.82, 2.24) is 19.8 Å². The van der Waals surface area contributed by atoms with Gasteiger partial charge in [-0.25, -0.2) is 0 Å². The minimum absolute atomic E-state index is 0.742. The molecule has 0 N–H and O–H groups in total. The van der Waals surface area contributed by atoms with Gasteiger partial charge in [-0.15, -0.1) is 10.2 Å². The molecule has 0 aliphatic carbocycles. The predicted octanol–water partition coefficient (Wildman–Crippen LogP) is 5.05. The zero-order chi connectivity index (χ0) is 17.2. The van der Waals surface area contributed by atoms with Crippen LogP contribution < -0.4 is 0 Å². The molecule has 124 valence electrons. The number of aromatic nitrogens is 4. The average molecular weight is 367 g/mol. The summed E-state index contributed by atoms with van der Waals surface area (Å²) in [5.74, 6) is 1.58. The molecule has 0 aliphatic rings. The molecule has 2 aromatic carbocycles. The van der Waals surface area contributed by atoms with Crippen molar-refractivity contribution < 1.29 is 0 Å². The van der Waals surface area contributed by atoms with E-state index in [-0.39, 0.29) is 0 Å². The van der Waals surface area contributed by atoms with Crippen LogP contribution in [0.15, 0.2) is 65.7 Å². The molecule has 0 amide bonds. The lowest BCUT2D eigenvalue weighted by molar-refractivity contribution is 0.860. The third-order valence-corrected chi connectivity index (χ3v) is 5.09. The standard InChI is InChI=1S/C19H15ClN4S/c1-13-2-6-15(7-3-13)19-22-21-17-10-11-18(23-24(17)19)25-12-14-4-8-16(20)9-5-14/h2-11H,12H2,1H3. The second kappa shape index (κ2) is 6.86. The van der Waals surface area contributed by atoms with E-state index in [1.165, 1.54) is 11.1 Å². The summed E-state index contributed by atoms with van der Waals surface area (Å²) in [7, 11) is 0. The van der Waals surface area contributed by atoms with Gasteiger partial charge in [0.25, 0.3) is 0 Å². The Hall–Kier alpha value is -2.37. The van der Waals surface area contributed by atoms with Crippen molar-refractivity contribution in [3.8, 4) is 11.4 Å². The summed E-state index contributed by atoms with van der Waals surface area (Å²) in [5.41, 5.74) is 4.17. The summed E-state index contributed by atoms with van der Waals surface area (Å²) in [4.78, 5) is 0. The highest BCUT2D eigenvalue weighted by molar-refractivity contribution is 7.98. The van der Waals surface area contributed by atoms with Crippen LogP contribution in [-0.4, -0.2) is 19.8 Å². The normalized spacial score (nSPS) is 11.1. The number of rotatable bonds is 4. The first-order valence-corrected chi connectivity index (χ1v) is 9.22. The number of benzene rings is 2. The Morgan fingerprint density at radius 1 is 0.920 bits per heavy atom. The molecule has 4 rings (SSSR count). The minimum atomic E-state index is 0.742. The molecule has 6 heteroatoms. The molecule has 0 unspecified atom stereocenters. The van der Waals surface area contributed by atoms with Gasteiger partial charge in [0.05, 0.1) is 0 Å². The van der Waals surface area contributed by atoms with Crippen LogP contribution in [0.4, 0.5) is 0 Å². The Morgan fingerprint density at radius 2 is 1.68 bits per heavy atom. The largest absolute Gasteiger partial charge is 0.192 e. The first-order valence-electron chi connectivity index (χ1n) is 7.86. The SMILES string of the molecule is Cc1ccc(-c2nnc3ccc(SCc4ccc(Cl)cc4)nn23)cc1. The van der Waals surface area contributed by atoms with E-state index in [2.05, 4.69) is 29.3 Å². The van der Waals surface area contributed by atoms with Crippen LogP contribution in [0.25, 0.3) is 17.0 Å². The van der Waals surface area contributed by atoms with E-state index in [1.807, 2.05) is 48.5 Å². The molecular weight excluding hydrogens is 352 g/mol. The number of aryl methyl sites for hydroxylation is 1. The van der Waals surface area contributed by atoms with Crippen molar-refractivity contribution in [2.24, 2.45) is 0 Å². The Kier molecular flexibility index (Phi) is 4.42. The number of hydrogen-bond donors (Lipinski definition) is 0. The molecular formula is C19H15ClN4S. The molecule has 0 atom stereocenters. The highest BCUT2D eigenvalue weighted by Crippen LogP contribution is 2.24. The van der Waals surface area contributed by atoms with Gasteiger partial charge in [-0.2, -0.15) is 9.61 Å². The number of hydrogen-bond acceptors (Lipinski definition) is 4. The molecule has 25 heavy (non-hydrogen) atoms. The molecule has 4 aromatic rings. The number of thioether (sulfide) groups is 1. The second-order valence-corrected chi connectivity index (χ2v) is 7.18. The summed E-state index contributed by atoms with van der Waals surface area (Å²) in [6.07, 6.45) is 0. The molecule has 0 bridgehead atoms. The first-order chi connectivity index (χ1) is 12.2. The van der Waals surface area contributed by atoms with Crippen molar-refractivity contribution in [3.63, 3.8) is 0 Å². The first kappa shape index (κ1) is 16.1. The molecule has 0 fully saturated rings. The second-order valence-electron chi connectivity index (χ2n) is 5.75. The smallest absolute Gasteiger partial charge is 0.185 e. The summed E-state index contributed by atoms with van der Waals surface area (Å²) >= 11 is 7.60. The Bertz CT molecular complexity index is 1010. The van der Waals surface area contributed by atoms with E-state index >= 15 is 0 Å². The van der Waals surface area contributed by atoms with Gasteiger partial charge in [-0.05, 0) is 36.8 Å². The zero-order valence-corrected chi connectivity index (χ0v) is 15.1. The maximum Gasteiger partial charge on any atom is 0.185 e. The number of fused-ring (bicyclic) bond motifs is 1. The molecule has 0 radical (unpaired) electrons. The van der Waals surface area contributed by atoms with Crippen molar-refractivity contribution in [3.05, 3.63) is 76.8 Å². The summed E-state index contributed by atoms with van der Waals surface area (Å²) in [5, 5.41) is 14.9. The highest BCUT2D eigenvalue weighted by Gasteiger charge is 2.10. The summed E-state index contributed by atoms with van der Waals surface area (Å²) in [6, 6.07) is 20.0. The molecule has 2 aromatic heterocycles. The fourth-order valence-corrected chi connectivity index (χ4v) is 3.41. The van der Waals surface area contributed by atoms with Gasteiger partial charge in [-0.3, -0.25) is 0 Å². The van der Waals surface area contributed by atoms with Gasteiger partial charge in [0.15, 0.2) is 11.5 Å². The lowest BCUT2D eigenvalue weighted by atomic mass is 10.1. The van der Waals surface area contributed by atoms with Gasteiger partial charge in [0.1, 0.15) is 5.03 Å². The maximum atomic E-state index is 5.93. The third-order valence-electron chi connectivity index (χ3n) is 3.85. The highest BCUT2D eigenvalue weighted by atomic mass is 35.5. The van der Waals surface area contributed by atoms with Crippen molar-refractivity contribution >= 4 is 29.0 Å². The van der Waals surface area contributed by atoms with Crippen LogP contribution in [0.3, 0.4) is 0 Å². The summed E-state index contributed by atoms with van der Waals surface area (Å²) in [6.45, 7) is 2.06. The topological polar surface area (TPSA) is 43.1 Å². The number of nitrogens with zero attached hydrogens (tertiary/aromatic N) is 4. The molecule has 0 spiro atoms. The molecule has 2 heterocycles. The van der Waals surface area contributed by atoms with Crippen molar-refractivity contribution in [1.29, 1.82) is 0 Å². The van der Waals surface area contributed by atoms with Gasteiger partial charge in [-0.1, -0.05) is 65.3 Å². The van der Waals surface area contributed by atoms with Crippen molar-refractivity contribution in [2.75, 3.05) is 0 Å². The van der Waals surface area contributed by atoms with E-state index in [1.54, 1.807) is 16.3 Å². The molecule has 0 aliphatic heterocycles. The van der Waals surface area contributed by atoms with E-state index < -0.39 is 0 Å². The lowest BCUT2D eigenvalue weighted by Crippen LogP contribution is -1.96. The molecule has 0 saturated heterocycles. The maximum absolute atomic E-state index is 5.93. The van der Waals surface area contributed by atoms with Gasteiger partial charge >= 0.3 is 0 Å². The quantitative estimate of drug-likeness (QED) is 0.474. The van der Waals surface area contributed by atoms with Gasteiger partial charge in [0.2, 0.25) is 0 Å².